The highest BCUT2D eigenvalue weighted by molar-refractivity contribution is 5.67. The van der Waals surface area contributed by atoms with Gasteiger partial charge >= 0.3 is 6.09 Å². The second-order valence-electron chi connectivity index (χ2n) is 11.4. The third-order valence-corrected chi connectivity index (χ3v) is 8.38. The summed E-state index contributed by atoms with van der Waals surface area (Å²) in [7, 11) is 0. The van der Waals surface area contributed by atoms with E-state index in [9.17, 15) is 20.0 Å². The van der Waals surface area contributed by atoms with E-state index in [1.165, 1.54) is 6.08 Å². The van der Waals surface area contributed by atoms with Crippen molar-refractivity contribution < 1.29 is 29.0 Å². The molecule has 3 aromatic rings. The predicted molar refractivity (Wildman–Crippen MR) is 170 cm³/mol. The molecule has 45 heavy (non-hydrogen) atoms. The van der Waals surface area contributed by atoms with Crippen molar-refractivity contribution in [3.63, 3.8) is 0 Å². The highest BCUT2D eigenvalue weighted by Crippen LogP contribution is 2.42. The smallest absolute Gasteiger partial charge is 0.407 e. The van der Waals surface area contributed by atoms with Gasteiger partial charge in [0.1, 0.15) is 6.61 Å². The number of non-ortho nitro benzene ring substituents is 1. The van der Waals surface area contributed by atoms with E-state index in [1.54, 1.807) is 12.1 Å². The maximum absolute atomic E-state index is 11.8. The average molecular weight is 617 g/mol. The van der Waals surface area contributed by atoms with Crippen LogP contribution in [0.3, 0.4) is 0 Å². The maximum Gasteiger partial charge on any atom is 0.407 e. The molecule has 11 nitrogen and oxygen atoms in total. The van der Waals surface area contributed by atoms with Crippen LogP contribution < -0.4 is 10.2 Å². The van der Waals surface area contributed by atoms with Crippen molar-refractivity contribution in [2.24, 2.45) is 5.92 Å². The molecule has 0 bridgehead atoms. The summed E-state index contributed by atoms with van der Waals surface area (Å²) in [5.74, 6) is 0.0546. The molecule has 0 aliphatic carbocycles. The van der Waals surface area contributed by atoms with E-state index in [0.717, 1.165) is 60.7 Å². The van der Waals surface area contributed by atoms with Gasteiger partial charge in [0.15, 0.2) is 6.29 Å². The number of amides is 1. The molecule has 238 valence electrons. The molecule has 0 unspecified atom stereocenters. The molecule has 2 saturated heterocycles. The first kappa shape index (κ1) is 32.1. The van der Waals surface area contributed by atoms with E-state index in [2.05, 4.69) is 28.6 Å². The minimum absolute atomic E-state index is 0.0191. The van der Waals surface area contributed by atoms with Gasteiger partial charge in [0.25, 0.3) is 5.69 Å². The van der Waals surface area contributed by atoms with Gasteiger partial charge in [-0.15, -0.1) is 0 Å². The van der Waals surface area contributed by atoms with Gasteiger partial charge in [-0.25, -0.2) is 4.79 Å². The summed E-state index contributed by atoms with van der Waals surface area (Å²) in [4.78, 5) is 27.1. The summed E-state index contributed by atoms with van der Waals surface area (Å²) in [6.07, 6.45) is 0.0954. The quantitative estimate of drug-likeness (QED) is 0.172. The van der Waals surface area contributed by atoms with Crippen molar-refractivity contribution in [2.75, 3.05) is 44.2 Å². The molecule has 0 radical (unpaired) electrons. The Kier molecular flexibility index (Phi) is 10.8. The highest BCUT2D eigenvalue weighted by Gasteiger charge is 2.39. The number of nitrogens with one attached hydrogen (secondary N) is 1. The van der Waals surface area contributed by atoms with Crippen LogP contribution in [0.25, 0.3) is 0 Å². The Morgan fingerprint density at radius 1 is 1.00 bits per heavy atom. The second-order valence-corrected chi connectivity index (χ2v) is 11.4. The van der Waals surface area contributed by atoms with Crippen molar-refractivity contribution in [2.45, 2.75) is 38.6 Å². The number of nitro benzene ring substituents is 1. The Balaban J connectivity index is 1.26. The normalized spacial score (nSPS) is 22.0. The topological polar surface area (TPSA) is 127 Å². The molecule has 1 amide bonds. The molecule has 2 heterocycles. The van der Waals surface area contributed by atoms with Crippen LogP contribution in [0.2, 0.25) is 0 Å². The fourth-order valence-corrected chi connectivity index (χ4v) is 5.71. The number of alkyl carbamates (subject to hydrolysis) is 1. The van der Waals surface area contributed by atoms with Crippen LogP contribution in [0.15, 0.2) is 85.5 Å². The zero-order chi connectivity index (χ0) is 31.8. The lowest BCUT2D eigenvalue weighted by molar-refractivity contribution is -0.384. The number of piperazine rings is 1. The molecule has 0 saturated carbocycles. The van der Waals surface area contributed by atoms with E-state index in [0.29, 0.717) is 6.54 Å². The Labute approximate surface area is 263 Å². The van der Waals surface area contributed by atoms with Gasteiger partial charge in [-0.2, -0.15) is 0 Å². The minimum atomic E-state index is -0.588. The third kappa shape index (κ3) is 8.25. The molecule has 2 aliphatic heterocycles. The highest BCUT2D eigenvalue weighted by atomic mass is 16.7. The zero-order valence-corrected chi connectivity index (χ0v) is 25.4. The molecule has 2 N–H and O–H groups in total. The monoisotopic (exact) mass is 616 g/mol. The summed E-state index contributed by atoms with van der Waals surface area (Å²) in [5, 5.41) is 23.3. The average Bonchev–Trinajstić information content (AvgIpc) is 3.08. The molecule has 2 fully saturated rings. The molecule has 11 heteroatoms. The molecule has 2 aliphatic rings. The summed E-state index contributed by atoms with van der Waals surface area (Å²) < 4.78 is 18.2. The van der Waals surface area contributed by atoms with Gasteiger partial charge in [0, 0.05) is 68.6 Å². The summed E-state index contributed by atoms with van der Waals surface area (Å²) in [6, 6.07) is 22.4. The number of benzene rings is 3. The largest absolute Gasteiger partial charge is 0.445 e. The molecule has 5 rings (SSSR count). The number of hydrogen-bond acceptors (Lipinski definition) is 9. The number of carbonyl (C=O) groups excluding carboxylic acids is 1. The number of carbonyl (C=O) groups is 1. The number of hydrogen-bond donors (Lipinski definition) is 2. The van der Waals surface area contributed by atoms with Gasteiger partial charge in [-0.3, -0.25) is 15.0 Å². The molecule has 3 aromatic carbocycles. The molecule has 0 spiro atoms. The van der Waals surface area contributed by atoms with E-state index in [1.807, 2.05) is 60.7 Å². The first-order valence-electron chi connectivity index (χ1n) is 15.2. The maximum atomic E-state index is 11.8. The van der Waals surface area contributed by atoms with Crippen molar-refractivity contribution in [1.29, 1.82) is 0 Å². The van der Waals surface area contributed by atoms with Crippen LogP contribution in [0, 0.1) is 16.0 Å². The fraction of sp³-hybridized carbons (Fsp3) is 0.382. The number of ether oxygens (including phenoxy) is 3. The lowest BCUT2D eigenvalue weighted by atomic mass is 9.90. The Morgan fingerprint density at radius 3 is 2.27 bits per heavy atom. The van der Waals surface area contributed by atoms with E-state index >= 15 is 0 Å². The van der Waals surface area contributed by atoms with Crippen LogP contribution in [-0.2, 0) is 27.4 Å². The standard InChI is InChI=1S/C34H40N4O7/c1-3-20-43-34(40)35-21-25-4-10-28(11-5-25)33-44-31(24(2)32(45-33)27-8-6-26(23-39)7-9-27)22-36-16-18-37(19-17-36)29-12-14-30(15-13-29)38(41)42/h3-15,24,31-33,39H,1,16-23H2,2H3,(H,35,40)/t24-,31+,32+,33+/m0/s1. The molecule has 4 atom stereocenters. The molecular formula is C34H40N4O7. The van der Waals surface area contributed by atoms with Crippen molar-refractivity contribution in [1.82, 2.24) is 10.2 Å². The first-order chi connectivity index (χ1) is 21.8. The summed E-state index contributed by atoms with van der Waals surface area (Å²) in [6.45, 7) is 10.2. The minimum Gasteiger partial charge on any atom is -0.445 e. The first-order valence-corrected chi connectivity index (χ1v) is 15.2. The van der Waals surface area contributed by atoms with Crippen molar-refractivity contribution in [3.8, 4) is 0 Å². The predicted octanol–water partition coefficient (Wildman–Crippen LogP) is 5.11. The van der Waals surface area contributed by atoms with Crippen LogP contribution in [-0.4, -0.2) is 66.5 Å². The number of aliphatic hydroxyl groups is 1. The van der Waals surface area contributed by atoms with Crippen LogP contribution in [0.5, 0.6) is 0 Å². The van der Waals surface area contributed by atoms with E-state index in [4.69, 9.17) is 14.2 Å². The van der Waals surface area contributed by atoms with Gasteiger partial charge in [-0.05, 0) is 28.8 Å². The number of nitro groups is 1. The Bertz CT molecular complexity index is 1420. The van der Waals surface area contributed by atoms with Gasteiger partial charge in [-0.1, -0.05) is 68.1 Å². The lowest BCUT2D eigenvalue weighted by Crippen LogP contribution is -2.51. The zero-order valence-electron chi connectivity index (χ0n) is 25.4. The molecule has 0 aromatic heterocycles. The van der Waals surface area contributed by atoms with Crippen LogP contribution in [0.1, 0.15) is 41.6 Å². The number of anilines is 1. The van der Waals surface area contributed by atoms with Crippen molar-refractivity contribution in [3.05, 3.63) is 118 Å². The summed E-state index contributed by atoms with van der Waals surface area (Å²) in [5.41, 5.74) is 4.74. The third-order valence-electron chi connectivity index (χ3n) is 8.38. The second kappa shape index (κ2) is 15.1. The lowest BCUT2D eigenvalue weighted by Gasteiger charge is -2.44. The number of aliphatic hydroxyl groups excluding tert-OH is 1. The number of rotatable bonds is 11. The van der Waals surface area contributed by atoms with E-state index in [-0.39, 0.29) is 42.0 Å². The van der Waals surface area contributed by atoms with Gasteiger partial charge in [0.05, 0.1) is 23.7 Å². The van der Waals surface area contributed by atoms with Crippen molar-refractivity contribution >= 4 is 17.5 Å². The van der Waals surface area contributed by atoms with Gasteiger partial charge < -0.3 is 29.5 Å². The van der Waals surface area contributed by atoms with E-state index < -0.39 is 12.4 Å². The van der Waals surface area contributed by atoms with Gasteiger partial charge in [0.2, 0.25) is 0 Å². The Hall–Kier alpha value is -4.29. The Morgan fingerprint density at radius 2 is 1.64 bits per heavy atom. The van der Waals surface area contributed by atoms with Crippen LogP contribution in [0.4, 0.5) is 16.2 Å². The fourth-order valence-electron chi connectivity index (χ4n) is 5.71. The summed E-state index contributed by atoms with van der Waals surface area (Å²) >= 11 is 0. The van der Waals surface area contributed by atoms with Crippen LogP contribution >= 0.6 is 0 Å². The number of nitrogens with zero attached hydrogens (tertiary/aromatic N) is 3. The SMILES string of the molecule is C=CCOC(=O)NCc1ccc([C@@H]2O[C@H](CN3CCN(c4ccc([N+](=O)[O-])cc4)CC3)[C@H](C)[C@H](c3ccc(CO)cc3)O2)cc1. The molecular weight excluding hydrogens is 576 g/mol.